The summed E-state index contributed by atoms with van der Waals surface area (Å²) in [6, 6.07) is 14.0. The van der Waals surface area contributed by atoms with Crippen molar-refractivity contribution in [1.82, 2.24) is 30.1 Å². The number of amides is 3. The van der Waals surface area contributed by atoms with E-state index in [-0.39, 0.29) is 23.1 Å². The van der Waals surface area contributed by atoms with Gasteiger partial charge in [0.05, 0.1) is 5.52 Å². The largest absolute Gasteiger partial charge is 0.371 e. The molecule has 4 aliphatic heterocycles. The highest BCUT2D eigenvalue weighted by atomic mass is 16.2. The van der Waals surface area contributed by atoms with E-state index in [4.69, 9.17) is 0 Å². The highest BCUT2D eigenvalue weighted by Gasteiger charge is 2.39. The molecule has 1 unspecified atom stereocenters. The number of likely N-dealkylation sites (tertiary alicyclic amines) is 2. The second-order valence-corrected chi connectivity index (χ2v) is 13.2. The molecule has 1 spiro atoms. The van der Waals surface area contributed by atoms with Gasteiger partial charge in [0.2, 0.25) is 5.91 Å². The van der Waals surface area contributed by atoms with E-state index in [1.165, 1.54) is 24.9 Å². The number of nitrogens with one attached hydrogen (secondary N) is 1. The second-order valence-electron chi connectivity index (χ2n) is 13.2. The maximum absolute atomic E-state index is 13.4. The van der Waals surface area contributed by atoms with E-state index < -0.39 is 6.04 Å². The minimum absolute atomic E-state index is 0.161. The average molecular weight is 584 g/mol. The molecule has 7 rings (SSSR count). The topological polar surface area (TPSA) is 104 Å². The Morgan fingerprint density at radius 2 is 1.67 bits per heavy atom. The highest BCUT2D eigenvalue weighted by Crippen LogP contribution is 2.42. The fourth-order valence-electron chi connectivity index (χ4n) is 7.71. The maximum Gasteiger partial charge on any atom is 0.253 e. The van der Waals surface area contributed by atoms with E-state index >= 15 is 0 Å². The number of hydrogen-bond donors (Lipinski definition) is 1. The van der Waals surface area contributed by atoms with Crippen LogP contribution in [0.25, 0.3) is 11.0 Å². The molecule has 0 radical (unpaired) electrons. The van der Waals surface area contributed by atoms with Gasteiger partial charge in [-0.05, 0) is 106 Å². The van der Waals surface area contributed by atoms with Crippen molar-refractivity contribution in [3.63, 3.8) is 0 Å². The minimum Gasteiger partial charge on any atom is -0.371 e. The van der Waals surface area contributed by atoms with Crippen molar-refractivity contribution < 1.29 is 14.4 Å². The van der Waals surface area contributed by atoms with Gasteiger partial charge in [-0.2, -0.15) is 0 Å². The molecule has 3 amide bonds. The average Bonchev–Trinajstić information content (AvgIpc) is 3.45. The van der Waals surface area contributed by atoms with Crippen molar-refractivity contribution in [3.8, 4) is 0 Å². The molecule has 1 N–H and O–H groups in total. The summed E-state index contributed by atoms with van der Waals surface area (Å²) >= 11 is 0. The standard InChI is InChI=1S/C33H41N7O3/c1-37-16-2-3-25(22-37)23-4-6-24(7-5-23)32(43)39-19-14-33(15-20-39)12-17-38(18-13-33)26-8-9-27-29(21-26)40(36-35-27)28-10-11-30(41)34-31(28)42/h4-9,21,25,28H,2-3,10-20,22H2,1H3,(H,34,41,42)/t25-,28?/m0/s1. The van der Waals surface area contributed by atoms with Gasteiger partial charge in [0.15, 0.2) is 0 Å². The number of imide groups is 1. The van der Waals surface area contributed by atoms with Crippen LogP contribution in [0.1, 0.15) is 79.2 Å². The first-order valence-electron chi connectivity index (χ1n) is 15.9. The van der Waals surface area contributed by atoms with Gasteiger partial charge in [0.1, 0.15) is 11.6 Å². The molecule has 43 heavy (non-hydrogen) atoms. The van der Waals surface area contributed by atoms with Gasteiger partial charge < -0.3 is 14.7 Å². The van der Waals surface area contributed by atoms with E-state index in [2.05, 4.69) is 61.6 Å². The van der Waals surface area contributed by atoms with Crippen LogP contribution in [0.15, 0.2) is 42.5 Å². The van der Waals surface area contributed by atoms with Crippen LogP contribution in [0.2, 0.25) is 0 Å². The summed E-state index contributed by atoms with van der Waals surface area (Å²) < 4.78 is 1.67. The maximum atomic E-state index is 13.4. The Labute approximate surface area is 252 Å². The summed E-state index contributed by atoms with van der Waals surface area (Å²) in [5.74, 6) is 0.173. The summed E-state index contributed by atoms with van der Waals surface area (Å²) in [4.78, 5) is 44.3. The number of hydrogen-bond acceptors (Lipinski definition) is 7. The van der Waals surface area contributed by atoms with E-state index in [0.717, 1.165) is 80.7 Å². The Morgan fingerprint density at radius 1 is 0.930 bits per heavy atom. The number of anilines is 1. The van der Waals surface area contributed by atoms with Crippen LogP contribution < -0.4 is 10.2 Å². The molecule has 2 aromatic carbocycles. The second kappa shape index (κ2) is 11.4. The summed E-state index contributed by atoms with van der Waals surface area (Å²) in [7, 11) is 2.19. The lowest BCUT2D eigenvalue weighted by molar-refractivity contribution is -0.135. The first-order chi connectivity index (χ1) is 20.9. The number of carbonyl (C=O) groups excluding carboxylic acids is 3. The molecule has 4 aliphatic rings. The monoisotopic (exact) mass is 583 g/mol. The first-order valence-corrected chi connectivity index (χ1v) is 15.9. The summed E-state index contributed by atoms with van der Waals surface area (Å²) in [5, 5.41) is 11.0. The molecular weight excluding hydrogens is 542 g/mol. The van der Waals surface area contributed by atoms with Crippen LogP contribution in [0, 0.1) is 5.41 Å². The molecule has 0 aliphatic carbocycles. The lowest BCUT2D eigenvalue weighted by Gasteiger charge is -2.47. The van der Waals surface area contributed by atoms with Crippen LogP contribution in [0.4, 0.5) is 5.69 Å². The van der Waals surface area contributed by atoms with Crippen molar-refractivity contribution in [2.45, 2.75) is 63.3 Å². The van der Waals surface area contributed by atoms with Gasteiger partial charge in [-0.25, -0.2) is 4.68 Å². The molecule has 2 atom stereocenters. The van der Waals surface area contributed by atoms with Crippen molar-refractivity contribution in [2.24, 2.45) is 5.41 Å². The molecular formula is C33H41N7O3. The predicted molar refractivity (Wildman–Crippen MR) is 164 cm³/mol. The number of aromatic nitrogens is 3. The zero-order valence-electron chi connectivity index (χ0n) is 25.0. The quantitative estimate of drug-likeness (QED) is 0.467. The molecule has 5 heterocycles. The molecule has 4 saturated heterocycles. The van der Waals surface area contributed by atoms with Gasteiger partial charge in [-0.3, -0.25) is 19.7 Å². The molecule has 3 aromatic rings. The van der Waals surface area contributed by atoms with Crippen LogP contribution in [-0.4, -0.2) is 88.8 Å². The fourth-order valence-corrected chi connectivity index (χ4v) is 7.71. The number of likely N-dealkylation sites (N-methyl/N-ethyl adjacent to an activating group) is 1. The number of benzene rings is 2. The van der Waals surface area contributed by atoms with Crippen LogP contribution in [0.5, 0.6) is 0 Å². The molecule has 0 bridgehead atoms. The minimum atomic E-state index is -0.521. The number of rotatable bonds is 4. The van der Waals surface area contributed by atoms with Gasteiger partial charge in [0.25, 0.3) is 11.8 Å². The molecule has 4 fully saturated rings. The third-order valence-corrected chi connectivity index (χ3v) is 10.5. The number of piperidine rings is 4. The normalized spacial score (nSPS) is 24.9. The molecule has 226 valence electrons. The summed E-state index contributed by atoms with van der Waals surface area (Å²) in [6.07, 6.45) is 7.49. The summed E-state index contributed by atoms with van der Waals surface area (Å²) in [5.41, 5.74) is 5.11. The van der Waals surface area contributed by atoms with Crippen LogP contribution >= 0.6 is 0 Å². The third kappa shape index (κ3) is 5.53. The molecule has 1 aromatic heterocycles. The van der Waals surface area contributed by atoms with Crippen molar-refractivity contribution in [3.05, 3.63) is 53.6 Å². The molecule has 10 nitrogen and oxygen atoms in total. The zero-order valence-corrected chi connectivity index (χ0v) is 25.0. The lowest BCUT2D eigenvalue weighted by atomic mass is 9.71. The summed E-state index contributed by atoms with van der Waals surface area (Å²) in [6.45, 7) is 5.81. The molecule has 10 heteroatoms. The SMILES string of the molecule is CN1CCC[C@H](c2ccc(C(=O)N3CCC4(CC3)CCN(c3ccc5nnn(C6CCC(=O)NC6=O)c5c3)CC4)cc2)C1. The Morgan fingerprint density at radius 3 is 2.40 bits per heavy atom. The van der Waals surface area contributed by atoms with Gasteiger partial charge in [-0.1, -0.05) is 17.3 Å². The Hall–Kier alpha value is -3.79. The highest BCUT2D eigenvalue weighted by molar-refractivity contribution is 6.00. The van der Waals surface area contributed by atoms with Crippen molar-refractivity contribution in [2.75, 3.05) is 51.2 Å². The van der Waals surface area contributed by atoms with E-state index in [1.807, 2.05) is 18.2 Å². The van der Waals surface area contributed by atoms with E-state index in [1.54, 1.807) is 4.68 Å². The fraction of sp³-hybridized carbons (Fsp3) is 0.545. The number of fused-ring (bicyclic) bond motifs is 1. The van der Waals surface area contributed by atoms with Gasteiger partial charge >= 0.3 is 0 Å². The Kier molecular flexibility index (Phi) is 7.41. The third-order valence-electron chi connectivity index (χ3n) is 10.5. The zero-order chi connectivity index (χ0) is 29.6. The van der Waals surface area contributed by atoms with Gasteiger partial charge in [0, 0.05) is 50.4 Å². The predicted octanol–water partition coefficient (Wildman–Crippen LogP) is 3.74. The first kappa shape index (κ1) is 28.0. The van der Waals surface area contributed by atoms with E-state index in [0.29, 0.717) is 18.8 Å². The van der Waals surface area contributed by atoms with Crippen LogP contribution in [-0.2, 0) is 9.59 Å². The Balaban J connectivity index is 0.955. The number of carbonyl (C=O) groups is 3. The number of nitrogens with zero attached hydrogens (tertiary/aromatic N) is 6. The van der Waals surface area contributed by atoms with Crippen molar-refractivity contribution in [1.29, 1.82) is 0 Å². The van der Waals surface area contributed by atoms with Crippen molar-refractivity contribution >= 4 is 34.4 Å². The van der Waals surface area contributed by atoms with E-state index in [9.17, 15) is 14.4 Å². The Bertz CT molecular complexity index is 1510. The lowest BCUT2D eigenvalue weighted by Crippen LogP contribution is -2.48. The van der Waals surface area contributed by atoms with Gasteiger partial charge in [-0.15, -0.1) is 5.10 Å². The molecule has 0 saturated carbocycles. The van der Waals surface area contributed by atoms with Crippen LogP contribution in [0.3, 0.4) is 0 Å². The smallest absolute Gasteiger partial charge is 0.253 e.